The summed E-state index contributed by atoms with van der Waals surface area (Å²) in [6.45, 7) is 1.73. The summed E-state index contributed by atoms with van der Waals surface area (Å²) in [5, 5.41) is 8.30. The van der Waals surface area contributed by atoms with Crippen molar-refractivity contribution in [3.63, 3.8) is 0 Å². The average Bonchev–Trinajstić information content (AvgIpc) is 2.11. The van der Waals surface area contributed by atoms with Crippen molar-refractivity contribution in [2.45, 2.75) is 38.7 Å². The Labute approximate surface area is 83.3 Å². The Morgan fingerprint density at radius 3 is 2.64 bits per heavy atom. The fourth-order valence-corrected chi connectivity index (χ4v) is 0.838. The lowest BCUT2D eigenvalue weighted by Gasteiger charge is -2.10. The molecule has 0 amide bonds. The van der Waals surface area contributed by atoms with Crippen LogP contribution < -0.4 is 0 Å². The largest absolute Gasteiger partial charge is 0.481 e. The minimum atomic E-state index is -1.00. The van der Waals surface area contributed by atoms with Crippen LogP contribution in [0.2, 0.25) is 0 Å². The number of carbonyl (C=O) groups is 2. The van der Waals surface area contributed by atoms with Crippen molar-refractivity contribution in [2.24, 2.45) is 0 Å². The predicted octanol–water partition coefficient (Wildman–Crippen LogP) is 1.20. The Balaban J connectivity index is 3.61. The highest BCUT2D eigenvalue weighted by Gasteiger charge is 2.10. The number of esters is 1. The van der Waals surface area contributed by atoms with Crippen LogP contribution in [0.3, 0.4) is 0 Å². The minimum Gasteiger partial charge on any atom is -0.481 e. The molecule has 0 aromatic heterocycles. The van der Waals surface area contributed by atoms with Crippen LogP contribution in [0, 0.1) is 12.3 Å². The SMILES string of the molecule is C#CCCC(C)OC(=O)CCC(=O)O. The quantitative estimate of drug-likeness (QED) is 0.514. The first-order chi connectivity index (χ1) is 6.56. The molecule has 78 valence electrons. The van der Waals surface area contributed by atoms with Crippen molar-refractivity contribution < 1.29 is 19.4 Å². The second-order valence-corrected chi connectivity index (χ2v) is 2.94. The molecule has 0 fully saturated rings. The fourth-order valence-electron chi connectivity index (χ4n) is 0.838. The summed E-state index contributed by atoms with van der Waals surface area (Å²) in [6.07, 6.45) is 5.67. The van der Waals surface area contributed by atoms with Crippen LogP contribution in [0.4, 0.5) is 0 Å². The van der Waals surface area contributed by atoms with Gasteiger partial charge in [-0.2, -0.15) is 0 Å². The Kier molecular flexibility index (Phi) is 6.21. The van der Waals surface area contributed by atoms with Gasteiger partial charge in [-0.3, -0.25) is 9.59 Å². The number of hydrogen-bond acceptors (Lipinski definition) is 3. The zero-order chi connectivity index (χ0) is 11.0. The van der Waals surface area contributed by atoms with Gasteiger partial charge in [0.05, 0.1) is 18.9 Å². The number of ether oxygens (including phenoxy) is 1. The molecule has 0 saturated heterocycles. The maximum absolute atomic E-state index is 11.0. The van der Waals surface area contributed by atoms with Gasteiger partial charge in [-0.05, 0) is 13.3 Å². The van der Waals surface area contributed by atoms with E-state index in [1.807, 2.05) is 0 Å². The monoisotopic (exact) mass is 198 g/mol. The zero-order valence-corrected chi connectivity index (χ0v) is 8.16. The molecule has 0 saturated carbocycles. The van der Waals surface area contributed by atoms with Crippen molar-refractivity contribution in [1.29, 1.82) is 0 Å². The zero-order valence-electron chi connectivity index (χ0n) is 8.16. The van der Waals surface area contributed by atoms with E-state index in [0.717, 1.165) is 0 Å². The third-order valence-electron chi connectivity index (χ3n) is 1.57. The van der Waals surface area contributed by atoms with Gasteiger partial charge in [0.25, 0.3) is 0 Å². The highest BCUT2D eigenvalue weighted by molar-refractivity contribution is 5.76. The lowest BCUT2D eigenvalue weighted by atomic mass is 10.2. The van der Waals surface area contributed by atoms with Gasteiger partial charge in [-0.25, -0.2) is 0 Å². The number of carboxylic acid groups (broad SMARTS) is 1. The predicted molar refractivity (Wildman–Crippen MR) is 50.5 cm³/mol. The highest BCUT2D eigenvalue weighted by Crippen LogP contribution is 2.03. The molecule has 1 atom stereocenters. The minimum absolute atomic E-state index is 0.0876. The Morgan fingerprint density at radius 1 is 1.50 bits per heavy atom. The maximum Gasteiger partial charge on any atom is 0.306 e. The van der Waals surface area contributed by atoms with Crippen LogP contribution in [-0.4, -0.2) is 23.1 Å². The standard InChI is InChI=1S/C10H14O4/c1-3-4-5-8(2)14-10(13)7-6-9(11)12/h1,8H,4-7H2,2H3,(H,11,12). The van der Waals surface area contributed by atoms with E-state index in [4.69, 9.17) is 16.3 Å². The number of carbonyl (C=O) groups excluding carboxylic acids is 1. The third kappa shape index (κ3) is 7.17. The van der Waals surface area contributed by atoms with Gasteiger partial charge >= 0.3 is 11.9 Å². The summed E-state index contributed by atoms with van der Waals surface area (Å²) in [7, 11) is 0. The molecule has 0 aliphatic rings. The molecule has 0 bridgehead atoms. The molecule has 0 rings (SSSR count). The summed E-state index contributed by atoms with van der Waals surface area (Å²) in [5.41, 5.74) is 0. The van der Waals surface area contributed by atoms with Crippen LogP contribution in [-0.2, 0) is 14.3 Å². The van der Waals surface area contributed by atoms with Crippen LogP contribution in [0.15, 0.2) is 0 Å². The van der Waals surface area contributed by atoms with Crippen LogP contribution >= 0.6 is 0 Å². The molecular formula is C10H14O4. The molecule has 14 heavy (non-hydrogen) atoms. The first-order valence-electron chi connectivity index (χ1n) is 4.41. The average molecular weight is 198 g/mol. The van der Waals surface area contributed by atoms with E-state index in [1.54, 1.807) is 6.92 Å². The molecule has 4 nitrogen and oxygen atoms in total. The number of carboxylic acids is 1. The van der Waals surface area contributed by atoms with Crippen molar-refractivity contribution in [3.05, 3.63) is 0 Å². The van der Waals surface area contributed by atoms with Crippen molar-refractivity contribution in [1.82, 2.24) is 0 Å². The van der Waals surface area contributed by atoms with Crippen LogP contribution in [0.1, 0.15) is 32.6 Å². The molecule has 4 heteroatoms. The van der Waals surface area contributed by atoms with E-state index in [-0.39, 0.29) is 18.9 Å². The summed E-state index contributed by atoms with van der Waals surface area (Å²) >= 11 is 0. The molecule has 1 N–H and O–H groups in total. The molecule has 1 unspecified atom stereocenters. The highest BCUT2D eigenvalue weighted by atomic mass is 16.5. The fraction of sp³-hybridized carbons (Fsp3) is 0.600. The molecular weight excluding hydrogens is 184 g/mol. The van der Waals surface area contributed by atoms with E-state index in [9.17, 15) is 9.59 Å². The number of terminal acetylenes is 1. The number of aliphatic carboxylic acids is 1. The van der Waals surface area contributed by atoms with E-state index >= 15 is 0 Å². The van der Waals surface area contributed by atoms with Gasteiger partial charge < -0.3 is 9.84 Å². The third-order valence-corrected chi connectivity index (χ3v) is 1.57. The summed E-state index contributed by atoms with van der Waals surface area (Å²) in [6, 6.07) is 0. The Hall–Kier alpha value is -1.50. The van der Waals surface area contributed by atoms with Gasteiger partial charge in [0.1, 0.15) is 0 Å². The normalized spacial score (nSPS) is 11.4. The van der Waals surface area contributed by atoms with E-state index < -0.39 is 11.9 Å². The first-order valence-corrected chi connectivity index (χ1v) is 4.41. The Bertz CT molecular complexity index is 239. The van der Waals surface area contributed by atoms with Gasteiger partial charge in [-0.1, -0.05) is 0 Å². The summed E-state index contributed by atoms with van der Waals surface area (Å²) in [5.74, 6) is 0.946. The van der Waals surface area contributed by atoms with E-state index in [0.29, 0.717) is 12.8 Å². The maximum atomic E-state index is 11.0. The van der Waals surface area contributed by atoms with Crippen molar-refractivity contribution in [3.8, 4) is 12.3 Å². The number of rotatable bonds is 6. The van der Waals surface area contributed by atoms with Crippen molar-refractivity contribution in [2.75, 3.05) is 0 Å². The van der Waals surface area contributed by atoms with Crippen LogP contribution in [0.25, 0.3) is 0 Å². The molecule has 0 aliphatic carbocycles. The second-order valence-electron chi connectivity index (χ2n) is 2.94. The smallest absolute Gasteiger partial charge is 0.306 e. The van der Waals surface area contributed by atoms with Gasteiger partial charge in [0, 0.05) is 6.42 Å². The molecule has 0 aromatic rings. The van der Waals surface area contributed by atoms with E-state index in [2.05, 4.69) is 5.92 Å². The molecule has 0 aromatic carbocycles. The molecule has 0 radical (unpaired) electrons. The molecule has 0 spiro atoms. The second kappa shape index (κ2) is 6.96. The molecule has 0 aliphatic heterocycles. The van der Waals surface area contributed by atoms with E-state index in [1.165, 1.54) is 0 Å². The lowest BCUT2D eigenvalue weighted by Crippen LogP contribution is -2.15. The first kappa shape index (κ1) is 12.5. The van der Waals surface area contributed by atoms with Gasteiger partial charge in [-0.15, -0.1) is 12.3 Å². The number of hydrogen-bond donors (Lipinski definition) is 1. The van der Waals surface area contributed by atoms with Gasteiger partial charge in [0.15, 0.2) is 0 Å². The van der Waals surface area contributed by atoms with Crippen molar-refractivity contribution >= 4 is 11.9 Å². The molecule has 0 heterocycles. The summed E-state index contributed by atoms with van der Waals surface area (Å²) in [4.78, 5) is 21.1. The Morgan fingerprint density at radius 2 is 2.14 bits per heavy atom. The van der Waals surface area contributed by atoms with Gasteiger partial charge in [0.2, 0.25) is 0 Å². The summed E-state index contributed by atoms with van der Waals surface area (Å²) < 4.78 is 4.90. The van der Waals surface area contributed by atoms with Crippen LogP contribution in [0.5, 0.6) is 0 Å². The lowest BCUT2D eigenvalue weighted by molar-refractivity contribution is -0.151. The topological polar surface area (TPSA) is 63.6 Å².